The van der Waals surface area contributed by atoms with E-state index in [4.69, 9.17) is 10.3 Å². The van der Waals surface area contributed by atoms with Crippen LogP contribution in [0.5, 0.6) is 0 Å². The number of fused-ring (bicyclic) bond motifs is 1. The molecule has 0 aliphatic rings. The van der Waals surface area contributed by atoms with Crippen LogP contribution in [0.4, 0.5) is 11.4 Å². The summed E-state index contributed by atoms with van der Waals surface area (Å²) >= 11 is 0. The molecule has 0 unspecified atom stereocenters. The van der Waals surface area contributed by atoms with Gasteiger partial charge in [-0.05, 0) is 18.2 Å². The molecule has 118 valence electrons. The maximum Gasteiger partial charge on any atom is 0.295 e. The molecule has 0 bridgehead atoms. The van der Waals surface area contributed by atoms with Crippen molar-refractivity contribution in [2.24, 2.45) is 0 Å². The lowest BCUT2D eigenvalue weighted by molar-refractivity contribution is -0.383. The van der Waals surface area contributed by atoms with E-state index in [1.165, 1.54) is 0 Å². The van der Waals surface area contributed by atoms with E-state index in [-0.39, 0.29) is 5.69 Å². The highest BCUT2D eigenvalue weighted by Gasteiger charge is 2.27. The van der Waals surface area contributed by atoms with Crippen LogP contribution in [0.3, 0.4) is 0 Å². The van der Waals surface area contributed by atoms with Gasteiger partial charge in [-0.1, -0.05) is 0 Å². The number of non-ortho nitro benzene ring substituents is 1. The molecule has 0 amide bonds. The molecule has 0 saturated heterocycles. The van der Waals surface area contributed by atoms with Gasteiger partial charge in [-0.15, -0.1) is 0 Å². The molecular formula is C10H8N2O8S2. The Morgan fingerprint density at radius 2 is 1.55 bits per heavy atom. The lowest BCUT2D eigenvalue weighted by Crippen LogP contribution is -2.06. The first-order valence-electron chi connectivity index (χ1n) is 5.38. The van der Waals surface area contributed by atoms with E-state index in [9.17, 15) is 31.5 Å². The molecule has 4 N–H and O–H groups in total. The minimum Gasteiger partial charge on any atom is -0.399 e. The van der Waals surface area contributed by atoms with Crippen LogP contribution in [0.15, 0.2) is 34.1 Å². The summed E-state index contributed by atoms with van der Waals surface area (Å²) in [4.78, 5) is 8.36. The number of nitrogens with zero attached hydrogens (tertiary/aromatic N) is 1. The van der Waals surface area contributed by atoms with Crippen molar-refractivity contribution in [3.05, 3.63) is 34.4 Å². The zero-order valence-corrected chi connectivity index (χ0v) is 12.1. The Labute approximate surface area is 123 Å². The fraction of sp³-hybridized carbons (Fsp3) is 0. The second kappa shape index (κ2) is 4.88. The maximum absolute atomic E-state index is 11.4. The second-order valence-corrected chi connectivity index (χ2v) is 7.01. The van der Waals surface area contributed by atoms with Gasteiger partial charge in [0, 0.05) is 17.1 Å². The topological polar surface area (TPSA) is 178 Å². The van der Waals surface area contributed by atoms with Crippen molar-refractivity contribution in [2.75, 3.05) is 5.73 Å². The number of hydrogen-bond acceptors (Lipinski definition) is 7. The molecule has 0 aromatic heterocycles. The highest BCUT2D eigenvalue weighted by Crippen LogP contribution is 2.37. The molecule has 0 fully saturated rings. The van der Waals surface area contributed by atoms with Crippen LogP contribution in [-0.2, 0) is 20.2 Å². The molecule has 12 heteroatoms. The van der Waals surface area contributed by atoms with Gasteiger partial charge >= 0.3 is 0 Å². The third kappa shape index (κ3) is 2.71. The van der Waals surface area contributed by atoms with E-state index in [1.54, 1.807) is 0 Å². The summed E-state index contributed by atoms with van der Waals surface area (Å²) < 4.78 is 63.8. The number of anilines is 1. The predicted octanol–water partition coefficient (Wildman–Crippen LogP) is 0.824. The van der Waals surface area contributed by atoms with E-state index in [0.29, 0.717) is 6.07 Å². The molecule has 2 aromatic carbocycles. The quantitative estimate of drug-likeness (QED) is 0.313. The molecule has 0 saturated carbocycles. The average Bonchev–Trinajstić information content (AvgIpc) is 2.33. The molecule has 0 radical (unpaired) electrons. The molecule has 2 rings (SSSR count). The van der Waals surface area contributed by atoms with E-state index < -0.39 is 51.4 Å². The smallest absolute Gasteiger partial charge is 0.295 e. The van der Waals surface area contributed by atoms with Gasteiger partial charge in [0.05, 0.1) is 10.3 Å². The highest BCUT2D eigenvalue weighted by atomic mass is 32.2. The Morgan fingerprint density at radius 1 is 1.00 bits per heavy atom. The van der Waals surface area contributed by atoms with Crippen molar-refractivity contribution >= 4 is 42.4 Å². The SMILES string of the molecule is Nc1cc(S(=O)(=O)O)c2c([N+](=O)[O-])ccc(S(=O)(=O)O)c2c1. The van der Waals surface area contributed by atoms with Gasteiger partial charge in [0.25, 0.3) is 25.9 Å². The highest BCUT2D eigenvalue weighted by molar-refractivity contribution is 7.86. The van der Waals surface area contributed by atoms with Gasteiger partial charge in [0.15, 0.2) is 0 Å². The monoisotopic (exact) mass is 348 g/mol. The first-order valence-corrected chi connectivity index (χ1v) is 8.26. The van der Waals surface area contributed by atoms with Crippen molar-refractivity contribution in [1.82, 2.24) is 0 Å². The normalized spacial score (nSPS) is 12.5. The van der Waals surface area contributed by atoms with E-state index in [0.717, 1.165) is 18.2 Å². The summed E-state index contributed by atoms with van der Waals surface area (Å²) in [6, 6.07) is 3.14. The van der Waals surface area contributed by atoms with Crippen molar-refractivity contribution < 1.29 is 30.9 Å². The Bertz CT molecular complexity index is 1010. The van der Waals surface area contributed by atoms with Gasteiger partial charge in [-0.3, -0.25) is 19.2 Å². The van der Waals surface area contributed by atoms with Crippen LogP contribution < -0.4 is 5.73 Å². The first kappa shape index (κ1) is 16.1. The lowest BCUT2D eigenvalue weighted by Gasteiger charge is -2.09. The molecule has 0 atom stereocenters. The average molecular weight is 348 g/mol. The van der Waals surface area contributed by atoms with Gasteiger partial charge in [0.2, 0.25) is 0 Å². The number of nitro benzene ring substituents is 1. The Kier molecular flexibility index (Phi) is 3.57. The van der Waals surface area contributed by atoms with Crippen molar-refractivity contribution in [3.8, 4) is 0 Å². The van der Waals surface area contributed by atoms with Gasteiger partial charge in [0.1, 0.15) is 9.79 Å². The molecule has 2 aromatic rings. The zero-order chi connectivity index (χ0) is 16.9. The van der Waals surface area contributed by atoms with Crippen LogP contribution in [0.2, 0.25) is 0 Å². The number of hydrogen-bond donors (Lipinski definition) is 3. The Balaban J connectivity index is 3.22. The summed E-state index contributed by atoms with van der Waals surface area (Å²) in [6.07, 6.45) is 0. The summed E-state index contributed by atoms with van der Waals surface area (Å²) in [5.41, 5.74) is 4.40. The molecule has 10 nitrogen and oxygen atoms in total. The molecule has 0 spiro atoms. The summed E-state index contributed by atoms with van der Waals surface area (Å²) in [7, 11) is -9.74. The van der Waals surface area contributed by atoms with E-state index >= 15 is 0 Å². The van der Waals surface area contributed by atoms with Gasteiger partial charge in [-0.2, -0.15) is 16.8 Å². The molecule has 0 aliphatic carbocycles. The fourth-order valence-electron chi connectivity index (χ4n) is 2.00. The Hall–Kier alpha value is -2.28. The second-order valence-electron chi connectivity index (χ2n) is 4.23. The van der Waals surface area contributed by atoms with E-state index in [1.807, 2.05) is 0 Å². The fourth-order valence-corrected chi connectivity index (χ4v) is 3.44. The molecular weight excluding hydrogens is 340 g/mol. The van der Waals surface area contributed by atoms with Crippen molar-refractivity contribution in [2.45, 2.75) is 9.79 Å². The third-order valence-electron chi connectivity index (χ3n) is 2.79. The minimum absolute atomic E-state index is 0.273. The summed E-state index contributed by atoms with van der Waals surface area (Å²) in [6.45, 7) is 0. The van der Waals surface area contributed by atoms with Crippen molar-refractivity contribution in [1.29, 1.82) is 0 Å². The Morgan fingerprint density at radius 3 is 2.00 bits per heavy atom. The predicted molar refractivity (Wildman–Crippen MR) is 74.6 cm³/mol. The minimum atomic E-state index is -4.93. The standard InChI is InChI=1S/C10H8N2O8S2/c11-5-3-6-8(21(15,16)17)2-1-7(12(13)14)10(6)9(4-5)22(18,19)20/h1-4H,11H2,(H,15,16,17)(H,18,19,20). The zero-order valence-electron chi connectivity index (χ0n) is 10.5. The largest absolute Gasteiger partial charge is 0.399 e. The maximum atomic E-state index is 11.4. The number of nitrogen functional groups attached to an aromatic ring is 1. The lowest BCUT2D eigenvalue weighted by atomic mass is 10.1. The van der Waals surface area contributed by atoms with E-state index in [2.05, 4.69) is 0 Å². The number of rotatable bonds is 3. The van der Waals surface area contributed by atoms with Crippen LogP contribution in [0, 0.1) is 10.1 Å². The first-order chi connectivity index (χ1) is 9.93. The van der Waals surface area contributed by atoms with Gasteiger partial charge in [-0.25, -0.2) is 0 Å². The number of benzene rings is 2. The molecule has 0 heterocycles. The van der Waals surface area contributed by atoms with Crippen molar-refractivity contribution in [3.63, 3.8) is 0 Å². The van der Waals surface area contributed by atoms with Crippen LogP contribution in [0.1, 0.15) is 0 Å². The number of nitrogens with two attached hydrogens (primary N) is 1. The molecule has 22 heavy (non-hydrogen) atoms. The summed E-state index contributed by atoms with van der Waals surface area (Å²) in [5.74, 6) is 0. The third-order valence-corrected chi connectivity index (χ3v) is 4.58. The summed E-state index contributed by atoms with van der Waals surface area (Å²) in [5, 5.41) is 9.86. The van der Waals surface area contributed by atoms with Crippen LogP contribution in [0.25, 0.3) is 10.8 Å². The number of nitro groups is 1. The van der Waals surface area contributed by atoms with Gasteiger partial charge < -0.3 is 5.73 Å². The van der Waals surface area contributed by atoms with Crippen LogP contribution in [-0.4, -0.2) is 30.9 Å². The molecule has 0 aliphatic heterocycles. The van der Waals surface area contributed by atoms with Crippen LogP contribution >= 0.6 is 0 Å².